The van der Waals surface area contributed by atoms with Gasteiger partial charge in [0.05, 0.1) is 6.61 Å². The Hall–Kier alpha value is -1.30. The lowest BCUT2D eigenvalue weighted by Gasteiger charge is -2.39. The molecule has 2 unspecified atom stereocenters. The topological polar surface area (TPSA) is 78.9 Å². The second kappa shape index (κ2) is 7.33. The molecule has 6 heteroatoms. The number of carbonyl (C=O) groups excluding carboxylic acids is 1. The van der Waals surface area contributed by atoms with Crippen LogP contribution in [-0.2, 0) is 9.53 Å². The van der Waals surface area contributed by atoms with Crippen LogP contribution in [0.5, 0.6) is 0 Å². The number of carboxylic acids is 1. The summed E-state index contributed by atoms with van der Waals surface area (Å²) in [5.41, 5.74) is 0. The van der Waals surface area contributed by atoms with Crippen molar-refractivity contribution < 1.29 is 19.4 Å². The molecule has 1 amide bonds. The van der Waals surface area contributed by atoms with Gasteiger partial charge in [0.25, 0.3) is 0 Å². The van der Waals surface area contributed by atoms with E-state index in [-0.39, 0.29) is 18.4 Å². The van der Waals surface area contributed by atoms with Crippen LogP contribution in [0.2, 0.25) is 0 Å². The minimum Gasteiger partial charge on any atom is -0.481 e. The van der Waals surface area contributed by atoms with Crippen molar-refractivity contribution in [3.05, 3.63) is 0 Å². The van der Waals surface area contributed by atoms with E-state index in [0.29, 0.717) is 19.1 Å². The van der Waals surface area contributed by atoms with Crippen molar-refractivity contribution in [3.63, 3.8) is 0 Å². The summed E-state index contributed by atoms with van der Waals surface area (Å²) in [5, 5.41) is 11.7. The van der Waals surface area contributed by atoms with E-state index in [1.54, 1.807) is 6.92 Å². The molecule has 2 atom stereocenters. The van der Waals surface area contributed by atoms with E-state index >= 15 is 0 Å². The molecular weight excluding hydrogens is 248 g/mol. The van der Waals surface area contributed by atoms with Crippen LogP contribution in [0.15, 0.2) is 0 Å². The molecule has 0 aromatic rings. The second-order valence-corrected chi connectivity index (χ2v) is 5.31. The lowest BCUT2D eigenvalue weighted by atomic mass is 9.91. The summed E-state index contributed by atoms with van der Waals surface area (Å²) in [6, 6.07) is 0.294. The monoisotopic (exact) mass is 272 g/mol. The van der Waals surface area contributed by atoms with E-state index in [0.717, 1.165) is 13.1 Å². The van der Waals surface area contributed by atoms with Crippen molar-refractivity contribution in [2.24, 2.45) is 5.92 Å². The molecule has 1 heterocycles. The van der Waals surface area contributed by atoms with E-state index in [4.69, 9.17) is 9.84 Å². The number of likely N-dealkylation sites (tertiary alicyclic amines) is 1. The molecule has 1 saturated heterocycles. The molecule has 6 nitrogen and oxygen atoms in total. The van der Waals surface area contributed by atoms with E-state index in [1.807, 2.05) is 0 Å². The molecule has 0 saturated carbocycles. The summed E-state index contributed by atoms with van der Waals surface area (Å²) >= 11 is 0. The van der Waals surface area contributed by atoms with Gasteiger partial charge in [0.1, 0.15) is 0 Å². The predicted molar refractivity (Wildman–Crippen MR) is 71.0 cm³/mol. The molecule has 1 aliphatic rings. The van der Waals surface area contributed by atoms with Crippen LogP contribution in [-0.4, -0.2) is 53.8 Å². The Morgan fingerprint density at radius 2 is 2.11 bits per heavy atom. The van der Waals surface area contributed by atoms with Gasteiger partial charge in [-0.05, 0) is 33.1 Å². The van der Waals surface area contributed by atoms with Gasteiger partial charge in [0.2, 0.25) is 0 Å². The highest BCUT2D eigenvalue weighted by Gasteiger charge is 2.30. The van der Waals surface area contributed by atoms with E-state index in [1.165, 1.54) is 0 Å². The fourth-order valence-electron chi connectivity index (χ4n) is 2.50. The van der Waals surface area contributed by atoms with E-state index < -0.39 is 12.1 Å². The maximum atomic E-state index is 11.4. The molecule has 2 N–H and O–H groups in total. The van der Waals surface area contributed by atoms with Crippen molar-refractivity contribution >= 4 is 12.1 Å². The Balaban J connectivity index is 2.59. The third kappa shape index (κ3) is 5.46. The van der Waals surface area contributed by atoms with Crippen molar-refractivity contribution in [1.29, 1.82) is 0 Å². The maximum Gasteiger partial charge on any atom is 0.407 e. The van der Waals surface area contributed by atoms with Gasteiger partial charge in [-0.3, -0.25) is 9.69 Å². The number of aliphatic carboxylic acids is 1. The molecule has 19 heavy (non-hydrogen) atoms. The minimum atomic E-state index is -0.787. The molecule has 1 rings (SSSR count). The Morgan fingerprint density at radius 1 is 1.42 bits per heavy atom. The average Bonchev–Trinajstić information content (AvgIpc) is 2.27. The molecule has 0 radical (unpaired) electrons. The first-order valence-corrected chi connectivity index (χ1v) is 6.81. The van der Waals surface area contributed by atoms with Crippen molar-refractivity contribution in [2.45, 2.75) is 45.7 Å². The normalized spacial score (nSPS) is 24.2. The highest BCUT2D eigenvalue weighted by molar-refractivity contribution is 5.68. The van der Waals surface area contributed by atoms with E-state index in [9.17, 15) is 9.59 Å². The summed E-state index contributed by atoms with van der Waals surface area (Å²) in [6.07, 6.45) is 0.408. The smallest absolute Gasteiger partial charge is 0.407 e. The molecule has 1 fully saturated rings. The van der Waals surface area contributed by atoms with Gasteiger partial charge in [-0.1, -0.05) is 0 Å². The van der Waals surface area contributed by atoms with Crippen LogP contribution in [0, 0.1) is 5.92 Å². The molecular formula is C13H24N2O4. The number of carboxylic acid groups (broad SMARTS) is 1. The van der Waals surface area contributed by atoms with Crippen molar-refractivity contribution in [1.82, 2.24) is 10.2 Å². The first-order chi connectivity index (χ1) is 8.92. The Labute approximate surface area is 114 Å². The van der Waals surface area contributed by atoms with Gasteiger partial charge >= 0.3 is 12.1 Å². The lowest BCUT2D eigenvalue weighted by molar-refractivity contribution is -0.138. The average molecular weight is 272 g/mol. The van der Waals surface area contributed by atoms with Gasteiger partial charge in [-0.2, -0.15) is 0 Å². The van der Waals surface area contributed by atoms with Crippen LogP contribution >= 0.6 is 0 Å². The predicted octanol–water partition coefficient (Wildman–Crippen LogP) is 1.31. The Morgan fingerprint density at radius 3 is 2.63 bits per heavy atom. The first-order valence-electron chi connectivity index (χ1n) is 6.81. The van der Waals surface area contributed by atoms with Crippen LogP contribution < -0.4 is 5.32 Å². The van der Waals surface area contributed by atoms with Gasteiger partial charge in [0.15, 0.2) is 0 Å². The van der Waals surface area contributed by atoms with Gasteiger partial charge < -0.3 is 15.2 Å². The zero-order chi connectivity index (χ0) is 14.4. The fraction of sp³-hybridized carbons (Fsp3) is 0.846. The lowest BCUT2D eigenvalue weighted by Crippen LogP contribution is -2.53. The summed E-state index contributed by atoms with van der Waals surface area (Å²) in [6.45, 7) is 7.76. The highest BCUT2D eigenvalue weighted by Crippen LogP contribution is 2.21. The van der Waals surface area contributed by atoms with Crippen LogP contribution in [0.25, 0.3) is 0 Å². The molecule has 0 bridgehead atoms. The zero-order valence-corrected chi connectivity index (χ0v) is 11.9. The van der Waals surface area contributed by atoms with Gasteiger partial charge in [-0.15, -0.1) is 0 Å². The second-order valence-electron chi connectivity index (χ2n) is 5.31. The van der Waals surface area contributed by atoms with Crippen LogP contribution in [0.4, 0.5) is 4.79 Å². The standard InChI is InChI=1S/C13H24N2O4/c1-4-19-13(18)14-11-5-10(6-12(16)17)7-15(8-11)9(2)3/h9-11H,4-8H2,1-3H3,(H,14,18)(H,16,17). The number of nitrogens with zero attached hydrogens (tertiary/aromatic N) is 1. The molecule has 0 spiro atoms. The number of nitrogens with one attached hydrogen (secondary N) is 1. The summed E-state index contributed by atoms with van der Waals surface area (Å²) in [4.78, 5) is 24.5. The number of amides is 1. The number of ether oxygens (including phenoxy) is 1. The largest absolute Gasteiger partial charge is 0.481 e. The third-order valence-corrected chi connectivity index (χ3v) is 3.36. The maximum absolute atomic E-state index is 11.4. The number of alkyl carbamates (subject to hydrolysis) is 1. The molecule has 0 aromatic carbocycles. The molecule has 1 aliphatic heterocycles. The fourth-order valence-corrected chi connectivity index (χ4v) is 2.50. The number of hydrogen-bond donors (Lipinski definition) is 2. The summed E-state index contributed by atoms with van der Waals surface area (Å²) in [5.74, 6) is -0.717. The summed E-state index contributed by atoms with van der Waals surface area (Å²) in [7, 11) is 0. The Bertz CT molecular complexity index is 320. The first kappa shape index (κ1) is 15.8. The van der Waals surface area contributed by atoms with Crippen molar-refractivity contribution in [2.75, 3.05) is 19.7 Å². The van der Waals surface area contributed by atoms with Crippen LogP contribution in [0.3, 0.4) is 0 Å². The number of carbonyl (C=O) groups is 2. The number of piperidine rings is 1. The molecule has 0 aromatic heterocycles. The number of hydrogen-bond acceptors (Lipinski definition) is 4. The number of rotatable bonds is 5. The zero-order valence-electron chi connectivity index (χ0n) is 11.9. The highest BCUT2D eigenvalue weighted by atomic mass is 16.5. The molecule has 110 valence electrons. The van der Waals surface area contributed by atoms with E-state index in [2.05, 4.69) is 24.1 Å². The SMILES string of the molecule is CCOC(=O)NC1CC(CC(=O)O)CN(C(C)C)C1. The quantitative estimate of drug-likeness (QED) is 0.789. The van der Waals surface area contributed by atoms with Crippen LogP contribution in [0.1, 0.15) is 33.6 Å². The summed E-state index contributed by atoms with van der Waals surface area (Å²) < 4.78 is 4.87. The Kier molecular flexibility index (Phi) is 6.08. The minimum absolute atomic E-state index is 0.0421. The van der Waals surface area contributed by atoms with Gasteiger partial charge in [0, 0.05) is 31.6 Å². The van der Waals surface area contributed by atoms with Crippen molar-refractivity contribution in [3.8, 4) is 0 Å². The third-order valence-electron chi connectivity index (χ3n) is 3.36. The van der Waals surface area contributed by atoms with Gasteiger partial charge in [-0.25, -0.2) is 4.79 Å². The molecule has 0 aliphatic carbocycles.